The van der Waals surface area contributed by atoms with Gasteiger partial charge in [-0.05, 0) is 56.7 Å². The molecule has 1 aliphatic carbocycles. The average molecular weight is 601 g/mol. The SMILES string of the molecule is COC1C(OC(=O)N2CCOCC2)CCC(O)(CSc2cccc(NS(C)(=O)=O)c2)C1C1(C)OC1CCC(C)C. The molecule has 2 aliphatic heterocycles. The van der Waals surface area contributed by atoms with E-state index in [4.69, 9.17) is 18.9 Å². The predicted octanol–water partition coefficient (Wildman–Crippen LogP) is 3.74. The van der Waals surface area contributed by atoms with E-state index in [1.54, 1.807) is 30.2 Å². The Morgan fingerprint density at radius 2 is 2.02 bits per heavy atom. The monoisotopic (exact) mass is 600 g/mol. The number of anilines is 1. The summed E-state index contributed by atoms with van der Waals surface area (Å²) in [7, 11) is -1.81. The van der Waals surface area contributed by atoms with E-state index in [1.165, 1.54) is 11.8 Å². The summed E-state index contributed by atoms with van der Waals surface area (Å²) in [6, 6.07) is 7.12. The van der Waals surface area contributed by atoms with Gasteiger partial charge in [-0.15, -0.1) is 11.8 Å². The Kier molecular flexibility index (Phi) is 9.99. The molecule has 1 saturated carbocycles. The minimum atomic E-state index is -3.41. The van der Waals surface area contributed by atoms with Crippen molar-refractivity contribution in [3.63, 3.8) is 0 Å². The standard InChI is InChI=1S/C28H44N2O8S2/c1-19(2)9-10-23-27(3,38-23)25-24(35-4)22(37-26(31)30-13-15-36-16-14-30)11-12-28(25,32)18-39-21-8-6-7-20(17-21)29-40(5,33)34/h6-8,17,19,22-25,29,32H,9-16,18H2,1-5H3. The summed E-state index contributed by atoms with van der Waals surface area (Å²) < 4.78 is 49.6. The summed E-state index contributed by atoms with van der Waals surface area (Å²) in [6.45, 7) is 8.33. The summed E-state index contributed by atoms with van der Waals surface area (Å²) >= 11 is 1.46. The molecule has 6 unspecified atom stereocenters. The second-order valence-electron chi connectivity index (χ2n) is 11.8. The Morgan fingerprint density at radius 3 is 2.67 bits per heavy atom. The zero-order chi connectivity index (χ0) is 29.1. The van der Waals surface area contributed by atoms with E-state index in [0.29, 0.717) is 56.5 Å². The first-order valence-electron chi connectivity index (χ1n) is 14.0. The largest absolute Gasteiger partial charge is 0.443 e. The highest BCUT2D eigenvalue weighted by Gasteiger charge is 2.67. The Balaban J connectivity index is 1.54. The number of nitrogens with zero attached hydrogens (tertiary/aromatic N) is 1. The third-order valence-electron chi connectivity index (χ3n) is 8.16. The van der Waals surface area contributed by atoms with Gasteiger partial charge in [0.15, 0.2) is 0 Å². The molecule has 0 aromatic heterocycles. The van der Waals surface area contributed by atoms with E-state index in [9.17, 15) is 18.3 Å². The van der Waals surface area contributed by atoms with Gasteiger partial charge in [0.25, 0.3) is 0 Å². The topological polar surface area (TPSA) is 127 Å². The van der Waals surface area contributed by atoms with Crippen LogP contribution in [0.2, 0.25) is 0 Å². The molecule has 1 amide bonds. The number of benzene rings is 1. The highest BCUT2D eigenvalue weighted by molar-refractivity contribution is 7.99. The van der Waals surface area contributed by atoms with Crippen LogP contribution in [0, 0.1) is 11.8 Å². The van der Waals surface area contributed by atoms with Gasteiger partial charge in [0.05, 0.1) is 31.2 Å². The van der Waals surface area contributed by atoms with Gasteiger partial charge < -0.3 is 29.0 Å². The number of epoxide rings is 1. The van der Waals surface area contributed by atoms with Crippen LogP contribution in [0.25, 0.3) is 0 Å². The number of methoxy groups -OCH3 is 1. The number of carbonyl (C=O) groups excluding carboxylic acids is 1. The van der Waals surface area contributed by atoms with Gasteiger partial charge in [-0.2, -0.15) is 0 Å². The molecule has 2 saturated heterocycles. The zero-order valence-corrected chi connectivity index (χ0v) is 25.8. The van der Waals surface area contributed by atoms with Crippen LogP contribution in [0.4, 0.5) is 10.5 Å². The molecular weight excluding hydrogens is 556 g/mol. The Morgan fingerprint density at radius 1 is 1.30 bits per heavy atom. The van der Waals surface area contributed by atoms with Crippen LogP contribution in [0.1, 0.15) is 46.5 Å². The zero-order valence-electron chi connectivity index (χ0n) is 24.1. The van der Waals surface area contributed by atoms with E-state index in [2.05, 4.69) is 18.6 Å². The number of rotatable bonds is 11. The molecule has 226 valence electrons. The van der Waals surface area contributed by atoms with Gasteiger partial charge >= 0.3 is 6.09 Å². The fourth-order valence-electron chi connectivity index (χ4n) is 6.07. The quantitative estimate of drug-likeness (QED) is 0.289. The van der Waals surface area contributed by atoms with Gasteiger partial charge in [0.2, 0.25) is 10.0 Å². The van der Waals surface area contributed by atoms with E-state index >= 15 is 0 Å². The smallest absolute Gasteiger partial charge is 0.410 e. The minimum Gasteiger partial charge on any atom is -0.443 e. The number of nitrogens with one attached hydrogen (secondary N) is 1. The van der Waals surface area contributed by atoms with Crippen molar-refractivity contribution in [1.29, 1.82) is 0 Å². The van der Waals surface area contributed by atoms with Crippen molar-refractivity contribution in [2.45, 2.75) is 80.9 Å². The summed E-state index contributed by atoms with van der Waals surface area (Å²) in [5.41, 5.74) is -1.33. The molecule has 10 nitrogen and oxygen atoms in total. The third kappa shape index (κ3) is 7.63. The molecule has 4 rings (SSSR count). The van der Waals surface area contributed by atoms with Gasteiger partial charge in [-0.1, -0.05) is 19.9 Å². The lowest BCUT2D eigenvalue weighted by Gasteiger charge is -2.49. The number of morpholine rings is 1. The lowest BCUT2D eigenvalue weighted by atomic mass is 9.66. The van der Waals surface area contributed by atoms with Crippen molar-refractivity contribution in [2.75, 3.05) is 50.1 Å². The lowest BCUT2D eigenvalue weighted by molar-refractivity contribution is -0.172. The van der Waals surface area contributed by atoms with Crippen LogP contribution in [0.3, 0.4) is 0 Å². The first kappa shape index (κ1) is 31.4. The Bertz CT molecular complexity index is 1130. The molecule has 2 heterocycles. The van der Waals surface area contributed by atoms with Gasteiger partial charge in [-0.25, -0.2) is 13.2 Å². The number of carbonyl (C=O) groups is 1. The van der Waals surface area contributed by atoms with Crippen LogP contribution in [-0.2, 0) is 29.0 Å². The van der Waals surface area contributed by atoms with Crippen LogP contribution < -0.4 is 4.72 Å². The summed E-state index contributed by atoms with van der Waals surface area (Å²) in [4.78, 5) is 15.5. The lowest BCUT2D eigenvalue weighted by Crippen LogP contribution is -2.62. The van der Waals surface area contributed by atoms with E-state index < -0.39 is 39.4 Å². The number of aliphatic hydroxyl groups is 1. The second-order valence-corrected chi connectivity index (χ2v) is 14.6. The molecule has 6 atom stereocenters. The molecule has 2 N–H and O–H groups in total. The number of hydrogen-bond donors (Lipinski definition) is 2. The number of thioether (sulfide) groups is 1. The average Bonchev–Trinajstić information content (AvgIpc) is 3.57. The van der Waals surface area contributed by atoms with Gasteiger partial charge in [-0.3, -0.25) is 4.72 Å². The highest BCUT2D eigenvalue weighted by Crippen LogP contribution is 2.56. The number of amides is 1. The summed E-state index contributed by atoms with van der Waals surface area (Å²) in [5, 5.41) is 12.3. The third-order valence-corrected chi connectivity index (χ3v) is 10.00. The fraction of sp³-hybridized carbons (Fsp3) is 0.750. The molecule has 1 aromatic rings. The molecule has 3 aliphatic rings. The molecular formula is C28H44N2O8S2. The summed E-state index contributed by atoms with van der Waals surface area (Å²) in [6.07, 6.45) is 2.36. The van der Waals surface area contributed by atoms with Crippen LogP contribution in [0.15, 0.2) is 29.2 Å². The predicted molar refractivity (Wildman–Crippen MR) is 154 cm³/mol. The molecule has 3 fully saturated rings. The number of sulfonamides is 1. The fourth-order valence-corrected chi connectivity index (χ4v) is 7.75. The molecule has 0 radical (unpaired) electrons. The van der Waals surface area contributed by atoms with Gasteiger partial charge in [0, 0.05) is 42.5 Å². The van der Waals surface area contributed by atoms with E-state index in [-0.39, 0.29) is 12.2 Å². The molecule has 40 heavy (non-hydrogen) atoms. The maximum Gasteiger partial charge on any atom is 0.410 e. The van der Waals surface area contributed by atoms with Crippen LogP contribution in [-0.4, -0.2) is 99.5 Å². The highest BCUT2D eigenvalue weighted by atomic mass is 32.2. The maximum atomic E-state index is 13.0. The van der Waals surface area contributed by atoms with Gasteiger partial charge in [0.1, 0.15) is 17.8 Å². The summed E-state index contributed by atoms with van der Waals surface area (Å²) in [5.74, 6) is 0.436. The van der Waals surface area contributed by atoms with E-state index in [1.807, 2.05) is 13.0 Å². The van der Waals surface area contributed by atoms with Crippen molar-refractivity contribution in [3.05, 3.63) is 24.3 Å². The molecule has 12 heteroatoms. The molecule has 0 spiro atoms. The van der Waals surface area contributed by atoms with Crippen molar-refractivity contribution in [1.82, 2.24) is 4.90 Å². The normalized spacial score (nSPS) is 32.6. The van der Waals surface area contributed by atoms with E-state index in [0.717, 1.165) is 24.0 Å². The van der Waals surface area contributed by atoms with Crippen LogP contribution >= 0.6 is 11.8 Å². The van der Waals surface area contributed by atoms with Crippen molar-refractivity contribution < 1.29 is 37.3 Å². The number of ether oxygens (including phenoxy) is 4. The van der Waals surface area contributed by atoms with Crippen molar-refractivity contribution in [3.8, 4) is 0 Å². The molecule has 0 bridgehead atoms. The first-order valence-corrected chi connectivity index (χ1v) is 16.9. The van der Waals surface area contributed by atoms with Crippen LogP contribution in [0.5, 0.6) is 0 Å². The van der Waals surface area contributed by atoms with Crippen molar-refractivity contribution >= 4 is 33.6 Å². The first-order chi connectivity index (χ1) is 18.8. The minimum absolute atomic E-state index is 0.0231. The Hall–Kier alpha value is -1.57. The van der Waals surface area contributed by atoms with Crippen molar-refractivity contribution in [2.24, 2.45) is 11.8 Å². The second kappa shape index (κ2) is 12.7. The number of hydrogen-bond acceptors (Lipinski definition) is 9. The Labute approximate surface area is 242 Å². The maximum absolute atomic E-state index is 13.0. The molecule has 1 aromatic carbocycles.